The van der Waals surface area contributed by atoms with Crippen molar-refractivity contribution in [2.45, 2.75) is 6.42 Å². The van der Waals surface area contributed by atoms with E-state index in [-0.39, 0.29) is 5.91 Å². The number of hydrogen-bond acceptors (Lipinski definition) is 2. The van der Waals surface area contributed by atoms with Crippen LogP contribution in [0.5, 0.6) is 5.75 Å². The van der Waals surface area contributed by atoms with E-state index in [0.29, 0.717) is 6.54 Å². The first-order valence-electron chi connectivity index (χ1n) is 5.29. The Morgan fingerprint density at radius 3 is 3.12 bits per heavy atom. The Labute approximate surface area is 104 Å². The van der Waals surface area contributed by atoms with Crippen molar-refractivity contribution in [3.8, 4) is 5.75 Å². The molecule has 0 saturated heterocycles. The summed E-state index contributed by atoms with van der Waals surface area (Å²) < 4.78 is 5.41. The molecule has 0 aliphatic carbocycles. The van der Waals surface area contributed by atoms with Gasteiger partial charge in [-0.3, -0.25) is 4.79 Å². The third kappa shape index (κ3) is 2.21. The SMILES string of the molecule is CN(CCBr)C(=O)c1ccc2c(c1)CCO2. The molecule has 0 radical (unpaired) electrons. The maximum absolute atomic E-state index is 12.0. The van der Waals surface area contributed by atoms with Crippen molar-refractivity contribution in [3.63, 3.8) is 0 Å². The molecule has 16 heavy (non-hydrogen) atoms. The Kier molecular flexibility index (Phi) is 3.49. The van der Waals surface area contributed by atoms with Crippen molar-refractivity contribution in [1.82, 2.24) is 4.90 Å². The van der Waals surface area contributed by atoms with Gasteiger partial charge < -0.3 is 9.64 Å². The second-order valence-corrected chi connectivity index (χ2v) is 4.63. The number of nitrogens with zero attached hydrogens (tertiary/aromatic N) is 1. The number of carbonyl (C=O) groups is 1. The van der Waals surface area contributed by atoms with Crippen molar-refractivity contribution < 1.29 is 9.53 Å². The molecule has 0 spiro atoms. The largest absolute Gasteiger partial charge is 0.493 e. The number of carbonyl (C=O) groups excluding carboxylic acids is 1. The van der Waals surface area contributed by atoms with E-state index in [9.17, 15) is 4.79 Å². The molecule has 0 unspecified atom stereocenters. The summed E-state index contributed by atoms with van der Waals surface area (Å²) in [6.45, 7) is 1.44. The van der Waals surface area contributed by atoms with Gasteiger partial charge in [0.15, 0.2) is 0 Å². The molecule has 0 atom stereocenters. The highest BCUT2D eigenvalue weighted by Crippen LogP contribution is 2.26. The lowest BCUT2D eigenvalue weighted by atomic mass is 10.1. The van der Waals surface area contributed by atoms with Gasteiger partial charge in [-0.1, -0.05) is 15.9 Å². The van der Waals surface area contributed by atoms with E-state index in [0.717, 1.165) is 35.2 Å². The molecule has 86 valence electrons. The molecule has 3 nitrogen and oxygen atoms in total. The number of ether oxygens (including phenoxy) is 1. The quantitative estimate of drug-likeness (QED) is 0.795. The summed E-state index contributed by atoms with van der Waals surface area (Å²) in [5.74, 6) is 0.980. The van der Waals surface area contributed by atoms with E-state index in [2.05, 4.69) is 15.9 Å². The minimum Gasteiger partial charge on any atom is -0.493 e. The van der Waals surface area contributed by atoms with Crippen molar-refractivity contribution in [3.05, 3.63) is 29.3 Å². The van der Waals surface area contributed by atoms with Crippen LogP contribution in [0.3, 0.4) is 0 Å². The molecule has 4 heteroatoms. The monoisotopic (exact) mass is 283 g/mol. The lowest BCUT2D eigenvalue weighted by molar-refractivity contribution is 0.0804. The second-order valence-electron chi connectivity index (χ2n) is 3.84. The van der Waals surface area contributed by atoms with Gasteiger partial charge in [0.25, 0.3) is 5.91 Å². The molecule has 1 aliphatic heterocycles. The lowest BCUT2D eigenvalue weighted by Crippen LogP contribution is -2.28. The van der Waals surface area contributed by atoms with Gasteiger partial charge in [-0.25, -0.2) is 0 Å². The standard InChI is InChI=1S/C12H14BrNO2/c1-14(6-5-13)12(15)10-2-3-11-9(8-10)4-7-16-11/h2-3,8H,4-7H2,1H3. The summed E-state index contributed by atoms with van der Waals surface area (Å²) >= 11 is 3.33. The summed E-state index contributed by atoms with van der Waals surface area (Å²) in [5.41, 5.74) is 1.88. The number of rotatable bonds is 3. The molecule has 2 rings (SSSR count). The highest BCUT2D eigenvalue weighted by molar-refractivity contribution is 9.09. The van der Waals surface area contributed by atoms with Gasteiger partial charge in [0.05, 0.1) is 6.61 Å². The molecule has 0 N–H and O–H groups in total. The minimum atomic E-state index is 0.0640. The predicted octanol–water partition coefficient (Wildman–Crippen LogP) is 2.09. The van der Waals surface area contributed by atoms with Gasteiger partial charge in [0.1, 0.15) is 5.75 Å². The van der Waals surface area contributed by atoms with E-state index in [1.165, 1.54) is 0 Å². The molecule has 1 amide bonds. The first kappa shape index (κ1) is 11.5. The predicted molar refractivity (Wildman–Crippen MR) is 66.4 cm³/mol. The zero-order valence-corrected chi connectivity index (χ0v) is 10.8. The molecule has 1 aromatic carbocycles. The van der Waals surface area contributed by atoms with Crippen LogP contribution in [0.25, 0.3) is 0 Å². The fraction of sp³-hybridized carbons (Fsp3) is 0.417. The Morgan fingerprint density at radius 2 is 2.38 bits per heavy atom. The number of hydrogen-bond donors (Lipinski definition) is 0. The van der Waals surface area contributed by atoms with Crippen molar-refractivity contribution >= 4 is 21.8 Å². The molecule has 1 aliphatic rings. The van der Waals surface area contributed by atoms with E-state index in [1.807, 2.05) is 25.2 Å². The summed E-state index contributed by atoms with van der Waals surface area (Å²) in [4.78, 5) is 13.7. The van der Waals surface area contributed by atoms with Crippen LogP contribution in [0.2, 0.25) is 0 Å². The maximum Gasteiger partial charge on any atom is 0.253 e. The Balaban J connectivity index is 2.18. The molecular formula is C12H14BrNO2. The summed E-state index contributed by atoms with van der Waals surface area (Å²) in [7, 11) is 1.81. The van der Waals surface area contributed by atoms with Gasteiger partial charge in [0, 0.05) is 30.9 Å². The van der Waals surface area contributed by atoms with Crippen LogP contribution in [0.1, 0.15) is 15.9 Å². The van der Waals surface area contributed by atoms with Crippen molar-refractivity contribution in [2.75, 3.05) is 25.5 Å². The van der Waals surface area contributed by atoms with Gasteiger partial charge in [-0.05, 0) is 23.8 Å². The fourth-order valence-corrected chi connectivity index (χ4v) is 2.30. The van der Waals surface area contributed by atoms with E-state index < -0.39 is 0 Å². The highest BCUT2D eigenvalue weighted by atomic mass is 79.9. The van der Waals surface area contributed by atoms with Crippen LogP contribution >= 0.6 is 15.9 Å². The zero-order valence-electron chi connectivity index (χ0n) is 9.20. The van der Waals surface area contributed by atoms with Crippen molar-refractivity contribution in [2.24, 2.45) is 0 Å². The zero-order chi connectivity index (χ0) is 11.5. The maximum atomic E-state index is 12.0. The van der Waals surface area contributed by atoms with Crippen LogP contribution < -0.4 is 4.74 Å². The average molecular weight is 284 g/mol. The summed E-state index contributed by atoms with van der Waals surface area (Å²) in [6.07, 6.45) is 0.901. The lowest BCUT2D eigenvalue weighted by Gasteiger charge is -2.15. The molecular weight excluding hydrogens is 270 g/mol. The van der Waals surface area contributed by atoms with E-state index >= 15 is 0 Å². The van der Waals surface area contributed by atoms with Crippen molar-refractivity contribution in [1.29, 1.82) is 0 Å². The Morgan fingerprint density at radius 1 is 1.56 bits per heavy atom. The first-order chi connectivity index (χ1) is 7.72. The van der Waals surface area contributed by atoms with E-state index in [4.69, 9.17) is 4.74 Å². The number of amides is 1. The third-order valence-corrected chi connectivity index (χ3v) is 3.06. The van der Waals surface area contributed by atoms with Crippen LogP contribution in [-0.4, -0.2) is 36.3 Å². The van der Waals surface area contributed by atoms with Crippen LogP contribution in [0.15, 0.2) is 18.2 Å². The smallest absolute Gasteiger partial charge is 0.253 e. The van der Waals surface area contributed by atoms with Crippen LogP contribution in [0.4, 0.5) is 0 Å². The molecule has 0 fully saturated rings. The fourth-order valence-electron chi connectivity index (χ4n) is 1.77. The number of alkyl halides is 1. The average Bonchev–Trinajstić information content (AvgIpc) is 2.75. The Hall–Kier alpha value is -1.03. The summed E-state index contributed by atoms with van der Waals surface area (Å²) in [5, 5.41) is 0.795. The normalized spacial score (nSPS) is 13.1. The third-order valence-electron chi connectivity index (χ3n) is 2.70. The van der Waals surface area contributed by atoms with Crippen LogP contribution in [0, 0.1) is 0 Å². The van der Waals surface area contributed by atoms with Gasteiger partial charge >= 0.3 is 0 Å². The topological polar surface area (TPSA) is 29.5 Å². The summed E-state index contributed by atoms with van der Waals surface area (Å²) in [6, 6.07) is 5.66. The molecule has 0 saturated carbocycles. The van der Waals surface area contributed by atoms with Crippen LogP contribution in [-0.2, 0) is 6.42 Å². The Bertz CT molecular complexity index is 406. The van der Waals surface area contributed by atoms with Gasteiger partial charge in [-0.15, -0.1) is 0 Å². The minimum absolute atomic E-state index is 0.0640. The van der Waals surface area contributed by atoms with Gasteiger partial charge in [0.2, 0.25) is 0 Å². The number of halogens is 1. The molecule has 0 bridgehead atoms. The second kappa shape index (κ2) is 4.87. The first-order valence-corrected chi connectivity index (χ1v) is 6.41. The number of benzene rings is 1. The highest BCUT2D eigenvalue weighted by Gasteiger charge is 2.16. The molecule has 1 aromatic rings. The molecule has 1 heterocycles. The number of fused-ring (bicyclic) bond motifs is 1. The molecule has 0 aromatic heterocycles. The van der Waals surface area contributed by atoms with E-state index in [1.54, 1.807) is 4.90 Å². The van der Waals surface area contributed by atoms with Gasteiger partial charge in [-0.2, -0.15) is 0 Å².